The largest absolute Gasteiger partial charge is 1.00 e. The Labute approximate surface area is 120 Å². The summed E-state index contributed by atoms with van der Waals surface area (Å²) in [6, 6.07) is 2.68. The van der Waals surface area contributed by atoms with Crippen molar-refractivity contribution in [3.63, 3.8) is 0 Å². The number of piperazine rings is 1. The molecule has 0 spiro atoms. The topological polar surface area (TPSA) is 44.1 Å². The van der Waals surface area contributed by atoms with Gasteiger partial charge in [0.1, 0.15) is 6.04 Å². The SMILES string of the molecule is CC1CNc2cc(N3CCNCC3)nc[n+]21.Cl.[Cl-]. The van der Waals surface area contributed by atoms with Crippen molar-refractivity contribution >= 4 is 24.0 Å². The Morgan fingerprint density at radius 2 is 2.11 bits per heavy atom. The lowest BCUT2D eigenvalue weighted by Crippen LogP contribution is -3.00. The Hall–Kier alpha value is -0.780. The number of halogens is 2. The molecule has 5 nitrogen and oxygen atoms in total. The molecule has 1 unspecified atom stereocenters. The van der Waals surface area contributed by atoms with E-state index < -0.39 is 0 Å². The molecule has 2 aliphatic rings. The summed E-state index contributed by atoms with van der Waals surface area (Å²) in [6.07, 6.45) is 1.96. The van der Waals surface area contributed by atoms with Gasteiger partial charge in [-0.15, -0.1) is 12.4 Å². The lowest BCUT2D eigenvalue weighted by atomic mass is 10.3. The Balaban J connectivity index is 0.000000810. The zero-order chi connectivity index (χ0) is 11.0. The summed E-state index contributed by atoms with van der Waals surface area (Å²) >= 11 is 0. The third-order valence-electron chi connectivity index (χ3n) is 3.35. The van der Waals surface area contributed by atoms with Crippen LogP contribution in [0, 0.1) is 0 Å². The van der Waals surface area contributed by atoms with Crippen LogP contribution < -0.4 is 32.5 Å². The molecule has 1 atom stereocenters. The van der Waals surface area contributed by atoms with Crippen LogP contribution in [0.1, 0.15) is 13.0 Å². The second-order valence-corrected chi connectivity index (χ2v) is 4.51. The summed E-state index contributed by atoms with van der Waals surface area (Å²) in [7, 11) is 0. The second-order valence-electron chi connectivity index (χ2n) is 4.51. The molecule has 0 saturated carbocycles. The van der Waals surface area contributed by atoms with Gasteiger partial charge in [-0.3, -0.25) is 0 Å². The van der Waals surface area contributed by atoms with Crippen molar-refractivity contribution in [1.82, 2.24) is 10.3 Å². The average molecular weight is 292 g/mol. The molecule has 3 heterocycles. The normalized spacial score (nSPS) is 21.4. The summed E-state index contributed by atoms with van der Waals surface area (Å²) in [4.78, 5) is 6.88. The number of rotatable bonds is 1. The molecule has 0 amide bonds. The molecule has 18 heavy (non-hydrogen) atoms. The van der Waals surface area contributed by atoms with Gasteiger partial charge in [-0.2, -0.15) is 0 Å². The van der Waals surface area contributed by atoms with Crippen molar-refractivity contribution in [2.45, 2.75) is 13.0 Å². The number of hydrogen-bond acceptors (Lipinski definition) is 4. The van der Waals surface area contributed by atoms with Crippen LogP contribution in [0.15, 0.2) is 12.4 Å². The van der Waals surface area contributed by atoms with Crippen LogP contribution in [-0.2, 0) is 0 Å². The highest BCUT2D eigenvalue weighted by atomic mass is 35.5. The van der Waals surface area contributed by atoms with Gasteiger partial charge < -0.3 is 27.9 Å². The van der Waals surface area contributed by atoms with Crippen molar-refractivity contribution in [1.29, 1.82) is 0 Å². The first kappa shape index (κ1) is 15.3. The van der Waals surface area contributed by atoms with Gasteiger partial charge in [0.15, 0.2) is 0 Å². The number of fused-ring (bicyclic) bond motifs is 1. The lowest BCUT2D eigenvalue weighted by Gasteiger charge is -2.26. The fourth-order valence-corrected chi connectivity index (χ4v) is 2.33. The predicted octanol–water partition coefficient (Wildman–Crippen LogP) is -2.81. The molecule has 7 heteroatoms. The summed E-state index contributed by atoms with van der Waals surface area (Å²) in [6.45, 7) is 7.41. The van der Waals surface area contributed by atoms with Gasteiger partial charge in [0, 0.05) is 26.2 Å². The molecule has 3 rings (SSSR count). The summed E-state index contributed by atoms with van der Waals surface area (Å²) < 4.78 is 2.20. The average Bonchev–Trinajstić information content (AvgIpc) is 2.72. The summed E-state index contributed by atoms with van der Waals surface area (Å²) in [5.41, 5.74) is 0. The maximum Gasteiger partial charge on any atom is 0.228 e. The maximum absolute atomic E-state index is 4.55. The zero-order valence-corrected chi connectivity index (χ0v) is 12.0. The van der Waals surface area contributed by atoms with Gasteiger partial charge >= 0.3 is 0 Å². The monoisotopic (exact) mass is 291 g/mol. The fourth-order valence-electron chi connectivity index (χ4n) is 2.33. The predicted molar refractivity (Wildman–Crippen MR) is 70.0 cm³/mol. The van der Waals surface area contributed by atoms with E-state index in [4.69, 9.17) is 0 Å². The van der Waals surface area contributed by atoms with Gasteiger partial charge in [-0.1, -0.05) is 4.98 Å². The molecule has 0 radical (unpaired) electrons. The van der Waals surface area contributed by atoms with Crippen LogP contribution >= 0.6 is 12.4 Å². The van der Waals surface area contributed by atoms with E-state index in [1.807, 2.05) is 6.33 Å². The molecular formula is C11H19Cl2N5. The number of aromatic nitrogens is 2. The van der Waals surface area contributed by atoms with E-state index in [0.29, 0.717) is 6.04 Å². The molecule has 0 aromatic carbocycles. The van der Waals surface area contributed by atoms with Gasteiger partial charge in [-0.05, 0) is 6.92 Å². The van der Waals surface area contributed by atoms with Crippen LogP contribution in [0.2, 0.25) is 0 Å². The third kappa shape index (κ3) is 2.79. The summed E-state index contributed by atoms with van der Waals surface area (Å²) in [5, 5.41) is 6.76. The Morgan fingerprint density at radius 1 is 1.39 bits per heavy atom. The molecule has 1 fully saturated rings. The molecule has 0 aliphatic carbocycles. The van der Waals surface area contributed by atoms with E-state index in [2.05, 4.69) is 38.1 Å². The van der Waals surface area contributed by atoms with E-state index in [1.54, 1.807) is 0 Å². The van der Waals surface area contributed by atoms with Crippen molar-refractivity contribution < 1.29 is 17.0 Å². The van der Waals surface area contributed by atoms with E-state index in [-0.39, 0.29) is 24.8 Å². The first-order valence-electron chi connectivity index (χ1n) is 5.95. The van der Waals surface area contributed by atoms with Crippen LogP contribution in [0.4, 0.5) is 11.6 Å². The fraction of sp³-hybridized carbons (Fsp3) is 0.636. The lowest BCUT2D eigenvalue weighted by molar-refractivity contribution is -0.696. The smallest absolute Gasteiger partial charge is 0.228 e. The molecule has 1 aromatic heterocycles. The first-order valence-corrected chi connectivity index (χ1v) is 5.95. The molecular weight excluding hydrogens is 273 g/mol. The van der Waals surface area contributed by atoms with Gasteiger partial charge in [0.25, 0.3) is 0 Å². The van der Waals surface area contributed by atoms with E-state index in [9.17, 15) is 0 Å². The van der Waals surface area contributed by atoms with Crippen molar-refractivity contribution in [3.8, 4) is 0 Å². The molecule has 1 saturated heterocycles. The highest BCUT2D eigenvalue weighted by molar-refractivity contribution is 5.85. The number of nitrogens with zero attached hydrogens (tertiary/aromatic N) is 3. The Kier molecular flexibility index (Phi) is 5.44. The quantitative estimate of drug-likeness (QED) is 0.549. The van der Waals surface area contributed by atoms with Crippen molar-refractivity contribution in [2.75, 3.05) is 42.9 Å². The highest BCUT2D eigenvalue weighted by Gasteiger charge is 2.25. The number of anilines is 2. The second kappa shape index (κ2) is 6.41. The highest BCUT2D eigenvalue weighted by Crippen LogP contribution is 2.18. The Bertz CT molecular complexity index is 395. The standard InChI is InChI=1S/C11H17N5.2ClH/c1-9-7-13-11-6-10(14-8-16(9)11)15-4-2-12-3-5-15;;/h6,8-9,12H,2-5,7H2,1H3;2*1H. The first-order chi connectivity index (χ1) is 7.84. The van der Waals surface area contributed by atoms with Crippen LogP contribution in [0.3, 0.4) is 0 Å². The third-order valence-corrected chi connectivity index (χ3v) is 3.35. The van der Waals surface area contributed by atoms with Gasteiger partial charge in [0.2, 0.25) is 18.0 Å². The molecule has 102 valence electrons. The minimum atomic E-state index is 0. The number of nitrogens with one attached hydrogen (secondary N) is 2. The van der Waals surface area contributed by atoms with Gasteiger partial charge in [-0.25, -0.2) is 4.57 Å². The zero-order valence-electron chi connectivity index (χ0n) is 10.4. The minimum absolute atomic E-state index is 0. The van der Waals surface area contributed by atoms with Crippen LogP contribution in [0.25, 0.3) is 0 Å². The van der Waals surface area contributed by atoms with Gasteiger partial charge in [0.05, 0.1) is 12.6 Å². The van der Waals surface area contributed by atoms with Crippen molar-refractivity contribution in [2.24, 2.45) is 0 Å². The Morgan fingerprint density at radius 3 is 2.83 bits per heavy atom. The van der Waals surface area contributed by atoms with E-state index >= 15 is 0 Å². The van der Waals surface area contributed by atoms with Crippen LogP contribution in [0.5, 0.6) is 0 Å². The summed E-state index contributed by atoms with van der Waals surface area (Å²) in [5.74, 6) is 2.28. The van der Waals surface area contributed by atoms with E-state index in [1.165, 1.54) is 5.82 Å². The van der Waals surface area contributed by atoms with Crippen LogP contribution in [-0.4, -0.2) is 37.7 Å². The number of hydrogen-bond donors (Lipinski definition) is 2. The minimum Gasteiger partial charge on any atom is -1.00 e. The molecule has 0 bridgehead atoms. The molecule has 2 aliphatic heterocycles. The van der Waals surface area contributed by atoms with E-state index in [0.717, 1.165) is 38.5 Å². The maximum atomic E-state index is 4.55. The van der Waals surface area contributed by atoms with Crippen molar-refractivity contribution in [3.05, 3.63) is 12.4 Å². The molecule has 2 N–H and O–H groups in total. The molecule has 1 aromatic rings.